The molecular weight excluding hydrogens is 416 g/mol. The molecule has 0 fully saturated rings. The van der Waals surface area contributed by atoms with Crippen molar-refractivity contribution in [2.24, 2.45) is 10.3 Å². The van der Waals surface area contributed by atoms with Crippen molar-refractivity contribution in [2.45, 2.75) is 13.8 Å². The Morgan fingerprint density at radius 1 is 1.07 bits per heavy atom. The first-order valence-corrected chi connectivity index (χ1v) is 6.94. The Kier molecular flexibility index (Phi) is 5.80. The van der Waals surface area contributed by atoms with E-state index in [1.54, 1.807) is 0 Å². The standard InChI is InChI=1S/C10H13I2N3/c1-3-15(4-2)14-13-10-6-8(11)5-9(12)7-10/h5-7H,3-4H2,1-2H3. The molecular formula is C10H13I2N3. The summed E-state index contributed by atoms with van der Waals surface area (Å²) in [5.74, 6) is 0. The Balaban J connectivity index is 2.79. The van der Waals surface area contributed by atoms with Crippen LogP contribution >= 0.6 is 45.2 Å². The Hall–Kier alpha value is 0.0800. The predicted molar refractivity (Wildman–Crippen MR) is 79.3 cm³/mol. The average molecular weight is 429 g/mol. The molecule has 3 nitrogen and oxygen atoms in total. The van der Waals surface area contributed by atoms with E-state index in [9.17, 15) is 0 Å². The van der Waals surface area contributed by atoms with Crippen molar-refractivity contribution in [3.05, 3.63) is 25.3 Å². The van der Waals surface area contributed by atoms with Gasteiger partial charge >= 0.3 is 0 Å². The van der Waals surface area contributed by atoms with Crippen LogP contribution < -0.4 is 0 Å². The Morgan fingerprint density at radius 3 is 2.07 bits per heavy atom. The predicted octanol–water partition coefficient (Wildman–Crippen LogP) is 4.24. The van der Waals surface area contributed by atoms with E-state index in [0.29, 0.717) is 0 Å². The SMILES string of the molecule is CCN(CC)N=Nc1cc(I)cc(I)c1. The first-order valence-electron chi connectivity index (χ1n) is 4.78. The van der Waals surface area contributed by atoms with Crippen molar-refractivity contribution >= 4 is 50.9 Å². The van der Waals surface area contributed by atoms with Gasteiger partial charge in [-0.3, -0.25) is 5.01 Å². The summed E-state index contributed by atoms with van der Waals surface area (Å²) in [5.41, 5.74) is 0.915. The molecule has 1 aromatic carbocycles. The van der Waals surface area contributed by atoms with Gasteiger partial charge in [-0.15, -0.1) is 5.11 Å². The first kappa shape index (κ1) is 13.1. The van der Waals surface area contributed by atoms with E-state index in [4.69, 9.17) is 0 Å². The molecule has 1 aromatic rings. The average Bonchev–Trinajstić information content (AvgIpc) is 2.18. The van der Waals surface area contributed by atoms with E-state index in [0.717, 1.165) is 18.8 Å². The minimum absolute atomic E-state index is 0.890. The summed E-state index contributed by atoms with van der Waals surface area (Å²) < 4.78 is 2.38. The molecule has 0 bridgehead atoms. The van der Waals surface area contributed by atoms with Gasteiger partial charge in [0.25, 0.3) is 0 Å². The normalized spacial score (nSPS) is 10.9. The number of benzene rings is 1. The van der Waals surface area contributed by atoms with Gasteiger partial charge in [-0.1, -0.05) is 5.22 Å². The van der Waals surface area contributed by atoms with Gasteiger partial charge in [-0.25, -0.2) is 0 Å². The van der Waals surface area contributed by atoms with Gasteiger partial charge in [0.05, 0.1) is 5.69 Å². The third-order valence-electron chi connectivity index (χ3n) is 1.86. The lowest BCUT2D eigenvalue weighted by Gasteiger charge is -2.11. The van der Waals surface area contributed by atoms with Gasteiger partial charge in [0.2, 0.25) is 0 Å². The van der Waals surface area contributed by atoms with Crippen molar-refractivity contribution < 1.29 is 0 Å². The molecule has 0 unspecified atom stereocenters. The number of nitrogens with zero attached hydrogens (tertiary/aromatic N) is 3. The molecule has 5 heteroatoms. The molecule has 0 aliphatic heterocycles. The highest BCUT2D eigenvalue weighted by molar-refractivity contribution is 14.1. The van der Waals surface area contributed by atoms with Crippen LogP contribution in [-0.4, -0.2) is 18.1 Å². The van der Waals surface area contributed by atoms with Crippen molar-refractivity contribution in [3.8, 4) is 0 Å². The molecule has 0 aromatic heterocycles. The largest absolute Gasteiger partial charge is 0.279 e. The van der Waals surface area contributed by atoms with E-state index in [1.807, 2.05) is 17.1 Å². The molecule has 0 N–H and O–H groups in total. The van der Waals surface area contributed by atoms with Crippen LogP contribution in [0.4, 0.5) is 5.69 Å². The molecule has 0 saturated heterocycles. The smallest absolute Gasteiger partial charge is 0.0895 e. The van der Waals surface area contributed by atoms with Crippen molar-refractivity contribution in [3.63, 3.8) is 0 Å². The van der Waals surface area contributed by atoms with Gasteiger partial charge in [0.1, 0.15) is 0 Å². The van der Waals surface area contributed by atoms with Gasteiger partial charge < -0.3 is 0 Å². The van der Waals surface area contributed by atoms with Crippen LogP contribution in [0.15, 0.2) is 28.5 Å². The fourth-order valence-corrected chi connectivity index (χ4v) is 2.97. The third-order valence-corrected chi connectivity index (χ3v) is 3.11. The zero-order valence-corrected chi connectivity index (χ0v) is 13.1. The highest BCUT2D eigenvalue weighted by Crippen LogP contribution is 2.20. The molecule has 0 heterocycles. The Morgan fingerprint density at radius 2 is 1.60 bits per heavy atom. The first-order chi connectivity index (χ1) is 7.15. The summed E-state index contributed by atoms with van der Waals surface area (Å²) in [7, 11) is 0. The second-order valence-electron chi connectivity index (χ2n) is 2.96. The highest BCUT2D eigenvalue weighted by Gasteiger charge is 1.97. The van der Waals surface area contributed by atoms with E-state index in [2.05, 4.69) is 75.4 Å². The monoisotopic (exact) mass is 429 g/mol. The maximum absolute atomic E-state index is 4.21. The molecule has 1 rings (SSSR count). The molecule has 0 radical (unpaired) electrons. The summed E-state index contributed by atoms with van der Waals surface area (Å²) in [4.78, 5) is 0. The number of halogens is 2. The van der Waals surface area contributed by atoms with E-state index in [1.165, 1.54) is 7.14 Å². The van der Waals surface area contributed by atoms with Gasteiger partial charge in [0.15, 0.2) is 0 Å². The van der Waals surface area contributed by atoms with Crippen LogP contribution in [0.1, 0.15) is 13.8 Å². The number of hydrogen-bond donors (Lipinski definition) is 0. The van der Waals surface area contributed by atoms with Crippen LogP contribution in [0.25, 0.3) is 0 Å². The molecule has 15 heavy (non-hydrogen) atoms. The molecule has 0 spiro atoms. The van der Waals surface area contributed by atoms with Crippen molar-refractivity contribution in [1.29, 1.82) is 0 Å². The molecule has 0 aliphatic carbocycles. The summed E-state index contributed by atoms with van der Waals surface area (Å²) in [6, 6.07) is 6.16. The molecule has 0 saturated carbocycles. The highest BCUT2D eigenvalue weighted by atomic mass is 127. The second kappa shape index (κ2) is 6.62. The summed E-state index contributed by atoms with van der Waals surface area (Å²) in [6.07, 6.45) is 0. The Bertz CT molecular complexity index is 328. The fraction of sp³-hybridized carbons (Fsp3) is 0.400. The summed E-state index contributed by atoms with van der Waals surface area (Å²) in [6.45, 7) is 5.92. The molecule has 82 valence electrons. The van der Waals surface area contributed by atoms with Gasteiger partial charge in [-0.05, 0) is 77.2 Å². The fourth-order valence-electron chi connectivity index (χ4n) is 1.06. The van der Waals surface area contributed by atoms with Crippen LogP contribution in [0.2, 0.25) is 0 Å². The van der Waals surface area contributed by atoms with E-state index < -0.39 is 0 Å². The zero-order valence-electron chi connectivity index (χ0n) is 8.74. The van der Waals surface area contributed by atoms with Gasteiger partial charge in [-0.2, -0.15) is 0 Å². The van der Waals surface area contributed by atoms with Crippen molar-refractivity contribution in [1.82, 2.24) is 5.01 Å². The molecule has 0 amide bonds. The quantitative estimate of drug-likeness (QED) is 0.400. The maximum atomic E-state index is 4.21. The number of rotatable bonds is 4. The topological polar surface area (TPSA) is 28.0 Å². The lowest BCUT2D eigenvalue weighted by Crippen LogP contribution is -2.14. The minimum atomic E-state index is 0.890. The minimum Gasteiger partial charge on any atom is -0.279 e. The number of hydrogen-bond acceptors (Lipinski definition) is 2. The third kappa shape index (κ3) is 4.62. The zero-order chi connectivity index (χ0) is 11.3. The van der Waals surface area contributed by atoms with E-state index in [-0.39, 0.29) is 0 Å². The van der Waals surface area contributed by atoms with Crippen LogP contribution in [0, 0.1) is 7.14 Å². The van der Waals surface area contributed by atoms with Crippen molar-refractivity contribution in [2.75, 3.05) is 13.1 Å². The Labute approximate surface area is 118 Å². The molecule has 0 aliphatic rings. The summed E-state index contributed by atoms with van der Waals surface area (Å²) >= 11 is 4.57. The maximum Gasteiger partial charge on any atom is 0.0895 e. The lowest BCUT2D eigenvalue weighted by atomic mass is 10.3. The van der Waals surface area contributed by atoms with E-state index >= 15 is 0 Å². The lowest BCUT2D eigenvalue weighted by molar-refractivity contribution is 0.300. The van der Waals surface area contributed by atoms with Gasteiger partial charge in [0, 0.05) is 20.2 Å². The van der Waals surface area contributed by atoms with Crippen LogP contribution in [-0.2, 0) is 0 Å². The molecule has 0 atom stereocenters. The summed E-state index contributed by atoms with van der Waals surface area (Å²) in [5, 5.41) is 10.3. The second-order valence-corrected chi connectivity index (χ2v) is 5.45. The van der Waals surface area contributed by atoms with Crippen LogP contribution in [0.5, 0.6) is 0 Å². The van der Waals surface area contributed by atoms with Crippen LogP contribution in [0.3, 0.4) is 0 Å².